The minimum atomic E-state index is -0.804. The summed E-state index contributed by atoms with van der Waals surface area (Å²) in [6.45, 7) is 6.18. The summed E-state index contributed by atoms with van der Waals surface area (Å²) >= 11 is 0. The molecule has 6 nitrogen and oxygen atoms in total. The molecular formula is C52H89NO5. The molecule has 0 bridgehead atoms. The number of aliphatic hydroxyl groups excluding tert-OH is 2. The van der Waals surface area contributed by atoms with Gasteiger partial charge in [0.25, 0.3) is 0 Å². The Hall–Kier alpha value is -2.96. The van der Waals surface area contributed by atoms with Crippen LogP contribution in [0.15, 0.2) is 85.1 Å². The molecule has 0 aromatic carbocycles. The number of hydrogen-bond acceptors (Lipinski definition) is 5. The number of amides is 1. The minimum absolute atomic E-state index is 0.0403. The third kappa shape index (κ3) is 39.8. The van der Waals surface area contributed by atoms with Crippen LogP contribution in [0.1, 0.15) is 207 Å². The van der Waals surface area contributed by atoms with Crippen molar-refractivity contribution in [2.45, 2.75) is 225 Å². The van der Waals surface area contributed by atoms with Crippen LogP contribution in [0.2, 0.25) is 0 Å². The van der Waals surface area contributed by atoms with Crippen LogP contribution in [-0.4, -0.2) is 46.9 Å². The van der Waals surface area contributed by atoms with E-state index in [0.29, 0.717) is 19.3 Å². The van der Waals surface area contributed by atoms with Crippen LogP contribution < -0.4 is 5.32 Å². The molecule has 3 unspecified atom stereocenters. The van der Waals surface area contributed by atoms with Crippen molar-refractivity contribution in [1.82, 2.24) is 5.32 Å². The molecule has 0 aliphatic carbocycles. The molecule has 0 fully saturated rings. The van der Waals surface area contributed by atoms with Crippen molar-refractivity contribution < 1.29 is 24.5 Å². The lowest BCUT2D eigenvalue weighted by atomic mass is 10.0. The Labute approximate surface area is 357 Å². The van der Waals surface area contributed by atoms with Crippen LogP contribution in [0.25, 0.3) is 0 Å². The zero-order valence-electron chi connectivity index (χ0n) is 37.6. The first-order valence-electron chi connectivity index (χ1n) is 23.9. The summed E-state index contributed by atoms with van der Waals surface area (Å²) in [5.41, 5.74) is 0. The van der Waals surface area contributed by atoms with Gasteiger partial charge in [-0.05, 0) is 64.2 Å². The fraction of sp³-hybridized carbons (Fsp3) is 0.692. The molecule has 0 aromatic rings. The van der Waals surface area contributed by atoms with Crippen molar-refractivity contribution >= 4 is 11.9 Å². The van der Waals surface area contributed by atoms with Crippen molar-refractivity contribution in [3.8, 4) is 0 Å². The molecule has 0 heterocycles. The highest BCUT2D eigenvalue weighted by Gasteiger charge is 2.24. The lowest BCUT2D eigenvalue weighted by Crippen LogP contribution is -2.46. The molecule has 332 valence electrons. The zero-order chi connectivity index (χ0) is 42.4. The number of allylic oxidation sites excluding steroid dienone is 14. The van der Waals surface area contributed by atoms with Gasteiger partial charge in [-0.2, -0.15) is 0 Å². The minimum Gasteiger partial charge on any atom is -0.462 e. The fourth-order valence-electron chi connectivity index (χ4n) is 6.79. The molecular weight excluding hydrogens is 719 g/mol. The predicted molar refractivity (Wildman–Crippen MR) is 250 cm³/mol. The Morgan fingerprint density at radius 3 is 1.43 bits per heavy atom. The van der Waals surface area contributed by atoms with Gasteiger partial charge in [-0.15, -0.1) is 0 Å². The van der Waals surface area contributed by atoms with Crippen molar-refractivity contribution in [3.63, 3.8) is 0 Å². The van der Waals surface area contributed by atoms with E-state index in [0.717, 1.165) is 96.3 Å². The second-order valence-electron chi connectivity index (χ2n) is 15.9. The molecule has 6 heteroatoms. The lowest BCUT2D eigenvalue weighted by molar-refractivity contribution is -0.151. The molecule has 0 aliphatic heterocycles. The molecule has 1 amide bonds. The molecule has 0 radical (unpaired) electrons. The number of unbranched alkanes of at least 4 members (excludes halogenated alkanes) is 20. The van der Waals surface area contributed by atoms with Crippen LogP contribution in [0.3, 0.4) is 0 Å². The number of carbonyl (C=O) groups is 2. The smallest absolute Gasteiger partial charge is 0.306 e. The SMILES string of the molecule is CC/C=C/C=C/C=C\CCCCCC(CC(=O)NC(CO)C(O)CCCCCCCCCCCCCCC)OC(=O)CCCCCCC\C=C/C=C/C=C/C=C/CC. The first kappa shape index (κ1) is 55.0. The van der Waals surface area contributed by atoms with Gasteiger partial charge in [-0.25, -0.2) is 0 Å². The number of rotatable bonds is 41. The Balaban J connectivity index is 4.65. The highest BCUT2D eigenvalue weighted by Crippen LogP contribution is 2.17. The number of esters is 1. The molecule has 3 N–H and O–H groups in total. The van der Waals surface area contributed by atoms with Crippen molar-refractivity contribution in [3.05, 3.63) is 85.1 Å². The van der Waals surface area contributed by atoms with Crippen molar-refractivity contribution in [2.24, 2.45) is 0 Å². The first-order valence-corrected chi connectivity index (χ1v) is 23.9. The van der Waals surface area contributed by atoms with Gasteiger partial charge in [0, 0.05) is 6.42 Å². The predicted octanol–water partition coefficient (Wildman–Crippen LogP) is 14.0. The maximum absolute atomic E-state index is 13.1. The molecule has 0 aliphatic rings. The summed E-state index contributed by atoms with van der Waals surface area (Å²) in [6, 6.07) is -0.721. The normalized spacial score (nSPS) is 14.1. The van der Waals surface area contributed by atoms with Gasteiger partial charge in [-0.3, -0.25) is 9.59 Å². The average Bonchev–Trinajstić information content (AvgIpc) is 3.22. The summed E-state index contributed by atoms with van der Waals surface area (Å²) in [6.07, 6.45) is 57.8. The van der Waals surface area contributed by atoms with Crippen LogP contribution in [0, 0.1) is 0 Å². The van der Waals surface area contributed by atoms with E-state index in [1.54, 1.807) is 0 Å². The monoisotopic (exact) mass is 808 g/mol. The number of aliphatic hydroxyl groups is 2. The maximum Gasteiger partial charge on any atom is 0.306 e. The van der Waals surface area contributed by atoms with Gasteiger partial charge >= 0.3 is 5.97 Å². The third-order valence-corrected chi connectivity index (χ3v) is 10.4. The van der Waals surface area contributed by atoms with E-state index in [4.69, 9.17) is 4.74 Å². The van der Waals surface area contributed by atoms with Crippen LogP contribution in [0.4, 0.5) is 0 Å². The van der Waals surface area contributed by atoms with Crippen LogP contribution in [-0.2, 0) is 14.3 Å². The van der Waals surface area contributed by atoms with E-state index in [1.165, 1.54) is 64.2 Å². The largest absolute Gasteiger partial charge is 0.462 e. The van der Waals surface area contributed by atoms with Gasteiger partial charge in [0.05, 0.1) is 25.2 Å². The Morgan fingerprint density at radius 2 is 0.931 bits per heavy atom. The number of nitrogens with one attached hydrogen (secondary N) is 1. The Bertz CT molecular complexity index is 1130. The molecule has 0 aromatic heterocycles. The summed E-state index contributed by atoms with van der Waals surface area (Å²) in [5.74, 6) is -0.544. The third-order valence-electron chi connectivity index (χ3n) is 10.4. The summed E-state index contributed by atoms with van der Waals surface area (Å²) < 4.78 is 5.88. The second-order valence-corrected chi connectivity index (χ2v) is 15.9. The molecule has 58 heavy (non-hydrogen) atoms. The van der Waals surface area contributed by atoms with E-state index in [2.05, 4.69) is 80.8 Å². The van der Waals surface area contributed by atoms with E-state index in [1.807, 2.05) is 30.4 Å². The van der Waals surface area contributed by atoms with Gasteiger partial charge in [0.2, 0.25) is 5.91 Å². The molecule has 0 spiro atoms. The topological polar surface area (TPSA) is 95.9 Å². The van der Waals surface area contributed by atoms with Crippen molar-refractivity contribution in [1.29, 1.82) is 0 Å². The zero-order valence-corrected chi connectivity index (χ0v) is 37.6. The Kier molecular flexibility index (Phi) is 42.8. The number of hydrogen-bond donors (Lipinski definition) is 3. The maximum atomic E-state index is 13.1. The van der Waals surface area contributed by atoms with Crippen molar-refractivity contribution in [2.75, 3.05) is 6.61 Å². The highest BCUT2D eigenvalue weighted by molar-refractivity contribution is 5.77. The molecule has 0 saturated carbocycles. The molecule has 3 atom stereocenters. The highest BCUT2D eigenvalue weighted by atomic mass is 16.5. The Morgan fingerprint density at radius 1 is 0.517 bits per heavy atom. The summed E-state index contributed by atoms with van der Waals surface area (Å²) in [4.78, 5) is 26.0. The standard InChI is InChI=1S/C52H89NO5/c1-4-7-10-13-16-19-22-24-25-27-30-33-36-39-42-45-52(57)58-48(43-40-37-34-31-28-21-18-15-12-9-6-3)46-51(56)53-49(47-54)50(55)44-41-38-35-32-29-26-23-20-17-14-11-8-5-2/h7,9-10,12-13,15-16,18-19,21-22,24-25,28,48-50,54-55H,4-6,8,11,14,17,20,23,26-27,29-47H2,1-3H3,(H,53,56)/b10-7+,12-9+,16-13+,18-15+,22-19+,25-24-,28-21-. The molecule has 0 rings (SSSR count). The van der Waals surface area contributed by atoms with Gasteiger partial charge in [0.1, 0.15) is 6.10 Å². The lowest BCUT2D eigenvalue weighted by Gasteiger charge is -2.24. The first-order chi connectivity index (χ1) is 28.5. The average molecular weight is 808 g/mol. The van der Waals surface area contributed by atoms with Gasteiger partial charge < -0.3 is 20.3 Å². The van der Waals surface area contributed by atoms with E-state index >= 15 is 0 Å². The quantitative estimate of drug-likeness (QED) is 0.0325. The summed E-state index contributed by atoms with van der Waals surface area (Å²) in [5, 5.41) is 23.7. The van der Waals surface area contributed by atoms with E-state index < -0.39 is 18.2 Å². The summed E-state index contributed by atoms with van der Waals surface area (Å²) in [7, 11) is 0. The number of carbonyl (C=O) groups excluding carboxylic acids is 2. The van der Waals surface area contributed by atoms with Gasteiger partial charge in [-0.1, -0.05) is 215 Å². The number of ether oxygens (including phenoxy) is 1. The van der Waals surface area contributed by atoms with Gasteiger partial charge in [0.15, 0.2) is 0 Å². The van der Waals surface area contributed by atoms with E-state index in [-0.39, 0.29) is 24.9 Å². The van der Waals surface area contributed by atoms with E-state index in [9.17, 15) is 19.8 Å². The van der Waals surface area contributed by atoms with Crippen LogP contribution >= 0.6 is 0 Å². The fourth-order valence-corrected chi connectivity index (χ4v) is 6.79. The van der Waals surface area contributed by atoms with Crippen LogP contribution in [0.5, 0.6) is 0 Å². The second kappa shape index (κ2) is 45.1. The molecule has 0 saturated heterocycles.